The molecule has 3 heterocycles. The van der Waals surface area contributed by atoms with Crippen LogP contribution in [0.15, 0.2) is 176 Å². The lowest BCUT2D eigenvalue weighted by Gasteiger charge is -2.29. The lowest BCUT2D eigenvalue weighted by Crippen LogP contribution is -2.25. The average Bonchev–Trinajstić information content (AvgIpc) is 4.01. The van der Waals surface area contributed by atoms with E-state index in [1.54, 1.807) is 24.3 Å². The van der Waals surface area contributed by atoms with Gasteiger partial charge in [0.15, 0.2) is 0 Å². The molecule has 0 bridgehead atoms. The highest BCUT2D eigenvalue weighted by Gasteiger charge is 2.32. The van der Waals surface area contributed by atoms with Gasteiger partial charge in [-0.25, -0.2) is 4.98 Å². The summed E-state index contributed by atoms with van der Waals surface area (Å²) in [5.74, 6) is 0.201. The van der Waals surface area contributed by atoms with E-state index in [1.165, 1.54) is 29.0 Å². The second-order valence-electron chi connectivity index (χ2n) is 17.6. The fraction of sp³-hybridized carbons (Fsp3) is 0.175. The van der Waals surface area contributed by atoms with Crippen molar-refractivity contribution in [1.29, 1.82) is 0 Å². The van der Waals surface area contributed by atoms with Crippen molar-refractivity contribution in [3.05, 3.63) is 192 Å². The summed E-state index contributed by atoms with van der Waals surface area (Å²) < 4.78 is 130. The number of pyridine rings is 1. The predicted octanol–water partition coefficient (Wildman–Crippen LogP) is 15.5. The van der Waals surface area contributed by atoms with Gasteiger partial charge in [0.2, 0.25) is 0 Å². The van der Waals surface area contributed by atoms with Crippen molar-refractivity contribution in [1.82, 2.24) is 9.55 Å². The van der Waals surface area contributed by atoms with Gasteiger partial charge in [-0.2, -0.15) is 0 Å². The molecule has 1 aliphatic heterocycles. The van der Waals surface area contributed by atoms with E-state index in [-0.39, 0.29) is 91.9 Å². The monoisotopic (exact) mass is 823 g/mol. The Hall–Kier alpha value is -7.11. The molecular formula is C57H52N4O. The van der Waals surface area contributed by atoms with Gasteiger partial charge < -0.3 is 14.5 Å². The first kappa shape index (κ1) is 26.3. The molecule has 0 amide bonds. The van der Waals surface area contributed by atoms with Crippen LogP contribution < -0.4 is 14.5 Å². The van der Waals surface area contributed by atoms with Gasteiger partial charge in [0, 0.05) is 50.0 Å². The molecule has 0 spiro atoms. The summed E-state index contributed by atoms with van der Waals surface area (Å²) in [7, 11) is 0. The molecule has 0 radical (unpaired) electrons. The minimum absolute atomic E-state index is 0.0221. The Morgan fingerprint density at radius 3 is 2.00 bits per heavy atom. The number of aromatic nitrogens is 2. The Bertz CT molecular complexity index is 3830. The maximum Gasteiger partial charge on any atom is 0.137 e. The molecule has 1 aliphatic rings. The Balaban J connectivity index is 1.14. The van der Waals surface area contributed by atoms with Crippen LogP contribution in [-0.4, -0.2) is 16.2 Å². The number of ether oxygens (including phenoxy) is 1. The fourth-order valence-electron chi connectivity index (χ4n) is 8.17. The van der Waals surface area contributed by atoms with Crippen molar-refractivity contribution < 1.29 is 23.9 Å². The maximum absolute atomic E-state index is 9.34. The highest BCUT2D eigenvalue weighted by atomic mass is 16.5. The quantitative estimate of drug-likeness (QED) is 0.160. The first-order valence-corrected chi connectivity index (χ1v) is 20.5. The third-order valence-corrected chi connectivity index (χ3v) is 11.3. The minimum atomic E-state index is -2.54. The highest BCUT2D eigenvalue weighted by molar-refractivity contribution is 6.09. The molecule has 9 aromatic rings. The van der Waals surface area contributed by atoms with Crippen LogP contribution >= 0.6 is 0 Å². The topological polar surface area (TPSA) is 33.5 Å². The Morgan fingerprint density at radius 1 is 0.581 bits per heavy atom. The van der Waals surface area contributed by atoms with E-state index in [0.29, 0.717) is 16.9 Å². The molecule has 0 atom stereocenters. The fourth-order valence-corrected chi connectivity index (χ4v) is 8.17. The summed E-state index contributed by atoms with van der Waals surface area (Å²) in [6.45, 7) is 10.6. The summed E-state index contributed by atoms with van der Waals surface area (Å²) in [6, 6.07) is 26.5. The highest BCUT2D eigenvalue weighted by Crippen LogP contribution is 2.51. The van der Waals surface area contributed by atoms with E-state index in [1.807, 2.05) is 42.5 Å². The average molecular weight is 823 g/mol. The number of hydrogen-bond acceptors (Lipinski definition) is 4. The molecule has 0 fully saturated rings. The molecule has 0 aliphatic carbocycles. The van der Waals surface area contributed by atoms with Crippen LogP contribution in [0.2, 0.25) is 0 Å². The summed E-state index contributed by atoms with van der Waals surface area (Å²) >= 11 is 0. The summed E-state index contributed by atoms with van der Waals surface area (Å²) in [6.07, 6.45) is 1.30. The number of aryl methyl sites for hydroxylation is 1. The molecule has 7 aromatic carbocycles. The van der Waals surface area contributed by atoms with Crippen LogP contribution in [0.4, 0.5) is 22.7 Å². The van der Waals surface area contributed by atoms with Crippen LogP contribution in [-0.2, 0) is 10.8 Å². The van der Waals surface area contributed by atoms with Gasteiger partial charge in [0.05, 0.1) is 43.2 Å². The Kier molecular flexibility index (Phi) is 6.40. The molecular weight excluding hydrogens is 757 g/mol. The van der Waals surface area contributed by atoms with Crippen LogP contribution in [0.25, 0.3) is 49.9 Å². The van der Waals surface area contributed by atoms with E-state index >= 15 is 0 Å². The standard InChI is InChI=1S/C57H52N4O/c1-38-29-30-58-54(31-38)61-50-24-12-11-21-48(50)49-28-27-45(36-53(49)61)62-44-20-15-19-43(35-44)59-37-60(52-26-14-13-25-51(52)59)55-46(39-17-9-8-10-18-39)22-16-23-47(55)40-32-41(56(2,3)4)34-42(33-40)57(5,6)7/h8-36H,37H2,1-7H3/i1D3,8D,9D,10D,11D,12D,17D,18D,21D,24D,27D,28D. The molecule has 2 aromatic heterocycles. The molecule has 0 saturated carbocycles. The maximum atomic E-state index is 9.34. The summed E-state index contributed by atoms with van der Waals surface area (Å²) in [4.78, 5) is 8.59. The molecule has 10 rings (SSSR count). The zero-order valence-electron chi connectivity index (χ0n) is 49.3. The number of hydrogen-bond donors (Lipinski definition) is 0. The smallest absolute Gasteiger partial charge is 0.137 e. The number of para-hydroxylation sites is 4. The summed E-state index contributed by atoms with van der Waals surface area (Å²) in [5, 5.41) is 0.00483. The first-order chi connectivity index (χ1) is 35.7. The first-order valence-electron chi connectivity index (χ1n) is 27.5. The zero-order valence-corrected chi connectivity index (χ0v) is 35.3. The molecule has 0 saturated heterocycles. The van der Waals surface area contributed by atoms with E-state index in [0.717, 1.165) is 33.6 Å². The van der Waals surface area contributed by atoms with Crippen molar-refractivity contribution in [2.24, 2.45) is 0 Å². The predicted molar refractivity (Wildman–Crippen MR) is 260 cm³/mol. The number of anilines is 4. The lowest BCUT2D eigenvalue weighted by molar-refractivity contribution is 0.483. The molecule has 62 heavy (non-hydrogen) atoms. The van der Waals surface area contributed by atoms with E-state index in [9.17, 15) is 5.48 Å². The van der Waals surface area contributed by atoms with Crippen molar-refractivity contribution in [2.75, 3.05) is 16.5 Å². The second kappa shape index (κ2) is 15.1. The van der Waals surface area contributed by atoms with Crippen molar-refractivity contribution in [3.63, 3.8) is 0 Å². The Morgan fingerprint density at radius 2 is 1.26 bits per heavy atom. The van der Waals surface area contributed by atoms with E-state index in [4.69, 9.17) is 18.4 Å². The van der Waals surface area contributed by atoms with Crippen molar-refractivity contribution in [3.8, 4) is 39.6 Å². The van der Waals surface area contributed by atoms with Crippen molar-refractivity contribution in [2.45, 2.75) is 59.2 Å². The number of nitrogens with zero attached hydrogens (tertiary/aromatic N) is 4. The molecule has 5 heteroatoms. The van der Waals surface area contributed by atoms with Gasteiger partial charge in [-0.15, -0.1) is 0 Å². The van der Waals surface area contributed by atoms with Crippen LogP contribution in [0, 0.1) is 6.85 Å². The molecule has 0 N–H and O–H groups in total. The SMILES string of the molecule is [2H]c1c([2H])c([2H])c(-c2cccc(-c3cc(C(C)(C)C)cc(C(C)(C)C)c3)c2N2CN(c3cccc(Oc4cc5c(c([2H])c4[2H])c4c([2H])c([2H])c([2H])c([2H])c4n5-c4cc(C([2H])([2H])[2H])ccn4)c3)c3ccccc32)c([2H])c1[2H]. The minimum Gasteiger partial charge on any atom is -0.457 e. The van der Waals surface area contributed by atoms with Crippen LogP contribution in [0.1, 0.15) is 77.4 Å². The second-order valence-corrected chi connectivity index (χ2v) is 17.6. The number of benzene rings is 7. The van der Waals surface area contributed by atoms with Gasteiger partial charge in [-0.1, -0.05) is 144 Å². The third-order valence-electron chi connectivity index (χ3n) is 11.3. The third kappa shape index (κ3) is 7.07. The number of fused-ring (bicyclic) bond motifs is 4. The lowest BCUT2D eigenvalue weighted by atomic mass is 9.78. The zero-order chi connectivity index (χ0) is 54.8. The van der Waals surface area contributed by atoms with Gasteiger partial charge in [-0.3, -0.25) is 4.57 Å². The Labute approximate surface area is 385 Å². The van der Waals surface area contributed by atoms with Crippen LogP contribution in [0.5, 0.6) is 11.5 Å². The molecule has 0 unspecified atom stereocenters. The van der Waals surface area contributed by atoms with E-state index in [2.05, 4.69) is 74.5 Å². The van der Waals surface area contributed by atoms with Crippen molar-refractivity contribution >= 4 is 44.6 Å². The largest absolute Gasteiger partial charge is 0.457 e. The van der Waals surface area contributed by atoms with E-state index < -0.39 is 49.1 Å². The molecule has 306 valence electrons. The van der Waals surface area contributed by atoms with Gasteiger partial charge >= 0.3 is 0 Å². The number of rotatable bonds is 7. The normalized spacial score (nSPS) is 16.4. The van der Waals surface area contributed by atoms with Crippen LogP contribution in [0.3, 0.4) is 0 Å². The van der Waals surface area contributed by atoms with Gasteiger partial charge in [0.25, 0.3) is 0 Å². The van der Waals surface area contributed by atoms with Gasteiger partial charge in [0.1, 0.15) is 24.0 Å². The summed E-state index contributed by atoms with van der Waals surface area (Å²) in [5.41, 5.74) is 6.78. The van der Waals surface area contributed by atoms with Gasteiger partial charge in [-0.05, 0) is 100 Å². The molecule has 5 nitrogen and oxygen atoms in total.